The fourth-order valence-corrected chi connectivity index (χ4v) is 4.26. The normalized spacial score (nSPS) is 23.5. The summed E-state index contributed by atoms with van der Waals surface area (Å²) in [4.78, 5) is 28.3. The van der Waals surface area contributed by atoms with E-state index in [0.717, 1.165) is 58.4 Å². The number of piperidine rings is 2. The van der Waals surface area contributed by atoms with Crippen LogP contribution >= 0.6 is 0 Å². The molecule has 0 aromatic carbocycles. The lowest BCUT2D eigenvalue weighted by Gasteiger charge is -2.33. The molecular formula is C18H27N5O3. The summed E-state index contributed by atoms with van der Waals surface area (Å²) < 4.78 is 7.59. The number of hydrogen-bond acceptors (Lipinski definition) is 5. The maximum Gasteiger partial charge on any atom is 0.410 e. The van der Waals surface area contributed by atoms with Gasteiger partial charge in [0, 0.05) is 44.9 Å². The van der Waals surface area contributed by atoms with Crippen LogP contribution in [0.3, 0.4) is 0 Å². The quantitative estimate of drug-likeness (QED) is 0.854. The molecule has 0 radical (unpaired) electrons. The van der Waals surface area contributed by atoms with Crippen molar-refractivity contribution < 1.29 is 14.3 Å². The Morgan fingerprint density at radius 1 is 1.31 bits per heavy atom. The number of likely N-dealkylation sites (tertiary alicyclic amines) is 1. The Morgan fingerprint density at radius 3 is 2.77 bits per heavy atom. The van der Waals surface area contributed by atoms with Crippen LogP contribution in [0, 0.1) is 5.92 Å². The van der Waals surface area contributed by atoms with Gasteiger partial charge < -0.3 is 15.0 Å². The number of ether oxygens (including phenoxy) is 1. The molecule has 0 bridgehead atoms. The molecule has 0 unspecified atom stereocenters. The third-order valence-electron chi connectivity index (χ3n) is 5.85. The van der Waals surface area contributed by atoms with Crippen molar-refractivity contribution in [1.29, 1.82) is 0 Å². The molecule has 3 aliphatic rings. The predicted molar refractivity (Wildman–Crippen MR) is 94.4 cm³/mol. The maximum atomic E-state index is 12.6. The molecule has 3 fully saturated rings. The van der Waals surface area contributed by atoms with Crippen molar-refractivity contribution in [3.8, 4) is 0 Å². The van der Waals surface area contributed by atoms with Crippen molar-refractivity contribution in [2.75, 3.05) is 39.3 Å². The largest absolute Gasteiger partial charge is 0.441 e. The Labute approximate surface area is 153 Å². The second-order valence-corrected chi connectivity index (χ2v) is 7.71. The molecule has 2 amide bonds. The van der Waals surface area contributed by atoms with Gasteiger partial charge in [0.2, 0.25) is 5.91 Å². The molecule has 142 valence electrons. The molecule has 4 heterocycles. The Kier molecular flexibility index (Phi) is 4.84. The van der Waals surface area contributed by atoms with E-state index in [4.69, 9.17) is 4.74 Å². The molecule has 1 aromatic heterocycles. The highest BCUT2D eigenvalue weighted by atomic mass is 16.6. The lowest BCUT2D eigenvalue weighted by Crippen LogP contribution is -2.47. The van der Waals surface area contributed by atoms with E-state index in [0.29, 0.717) is 12.5 Å². The summed E-state index contributed by atoms with van der Waals surface area (Å²) in [5.74, 6) is 0.583. The zero-order valence-corrected chi connectivity index (χ0v) is 15.1. The number of hydrogen-bond donors (Lipinski definition) is 1. The van der Waals surface area contributed by atoms with Crippen LogP contribution in [-0.2, 0) is 16.1 Å². The van der Waals surface area contributed by atoms with E-state index in [2.05, 4.69) is 10.4 Å². The number of carbonyl (C=O) groups excluding carboxylic acids is 2. The van der Waals surface area contributed by atoms with Gasteiger partial charge in [-0.05, 0) is 37.9 Å². The Balaban J connectivity index is 1.26. The van der Waals surface area contributed by atoms with Gasteiger partial charge in [-0.25, -0.2) is 4.79 Å². The van der Waals surface area contributed by atoms with Gasteiger partial charge in [-0.15, -0.1) is 0 Å². The molecule has 8 heteroatoms. The summed E-state index contributed by atoms with van der Waals surface area (Å²) in [6.45, 7) is 4.81. The highest BCUT2D eigenvalue weighted by molar-refractivity contribution is 5.83. The second-order valence-electron chi connectivity index (χ2n) is 7.71. The fraction of sp³-hybridized carbons (Fsp3) is 0.722. The minimum absolute atomic E-state index is 0.0328. The molecule has 0 aliphatic carbocycles. The number of nitrogens with one attached hydrogen (secondary N) is 1. The van der Waals surface area contributed by atoms with Crippen LogP contribution in [0.4, 0.5) is 4.79 Å². The van der Waals surface area contributed by atoms with Gasteiger partial charge in [0.25, 0.3) is 0 Å². The van der Waals surface area contributed by atoms with Crippen molar-refractivity contribution in [3.63, 3.8) is 0 Å². The molecule has 1 spiro atoms. The van der Waals surface area contributed by atoms with E-state index in [9.17, 15) is 9.59 Å². The molecule has 0 saturated carbocycles. The van der Waals surface area contributed by atoms with Crippen LogP contribution in [0.5, 0.6) is 0 Å². The zero-order valence-electron chi connectivity index (χ0n) is 15.1. The van der Waals surface area contributed by atoms with Gasteiger partial charge in [0.1, 0.15) is 12.1 Å². The molecular weight excluding hydrogens is 334 g/mol. The van der Waals surface area contributed by atoms with Gasteiger partial charge in [-0.1, -0.05) is 0 Å². The van der Waals surface area contributed by atoms with E-state index >= 15 is 0 Å². The van der Waals surface area contributed by atoms with Crippen LogP contribution in [0.2, 0.25) is 0 Å². The van der Waals surface area contributed by atoms with Crippen LogP contribution < -0.4 is 5.32 Å². The standard InChI is InChI=1S/C18H27N5O3/c24-16(13-22-14-18(26-17(22)25)4-7-19-8-5-18)21-10-2-15(3-11-21)12-23-9-1-6-20-23/h1,6,9,15,19H,2-5,7-8,10-14H2. The number of nitrogens with zero attached hydrogens (tertiary/aromatic N) is 4. The fourth-order valence-electron chi connectivity index (χ4n) is 4.26. The predicted octanol–water partition coefficient (Wildman–Crippen LogP) is 0.696. The molecule has 4 rings (SSSR count). The minimum Gasteiger partial charge on any atom is -0.441 e. The highest BCUT2D eigenvalue weighted by Gasteiger charge is 2.46. The highest BCUT2D eigenvalue weighted by Crippen LogP contribution is 2.31. The summed E-state index contributed by atoms with van der Waals surface area (Å²) in [6.07, 6.45) is 7.03. The van der Waals surface area contributed by atoms with Crippen molar-refractivity contribution in [1.82, 2.24) is 24.9 Å². The van der Waals surface area contributed by atoms with E-state index in [1.165, 1.54) is 0 Å². The average molecular weight is 361 g/mol. The summed E-state index contributed by atoms with van der Waals surface area (Å²) in [6, 6.07) is 1.93. The van der Waals surface area contributed by atoms with Gasteiger partial charge >= 0.3 is 6.09 Å². The van der Waals surface area contributed by atoms with Crippen molar-refractivity contribution in [2.24, 2.45) is 5.92 Å². The van der Waals surface area contributed by atoms with Crippen molar-refractivity contribution >= 4 is 12.0 Å². The minimum atomic E-state index is -0.390. The van der Waals surface area contributed by atoms with Crippen molar-refractivity contribution in [2.45, 2.75) is 37.8 Å². The maximum absolute atomic E-state index is 12.6. The van der Waals surface area contributed by atoms with Crippen LogP contribution in [0.25, 0.3) is 0 Å². The van der Waals surface area contributed by atoms with E-state index in [1.807, 2.05) is 21.8 Å². The van der Waals surface area contributed by atoms with E-state index in [-0.39, 0.29) is 24.1 Å². The summed E-state index contributed by atoms with van der Waals surface area (Å²) in [5.41, 5.74) is -0.390. The number of amides is 2. The Bertz CT molecular complexity index is 633. The average Bonchev–Trinajstić information content (AvgIpc) is 3.25. The first-order valence-electron chi connectivity index (χ1n) is 9.57. The zero-order chi connectivity index (χ0) is 18.0. The molecule has 1 N–H and O–H groups in total. The third-order valence-corrected chi connectivity index (χ3v) is 5.85. The number of aromatic nitrogens is 2. The summed E-state index contributed by atoms with van der Waals surface area (Å²) in [5, 5.41) is 7.54. The molecule has 0 atom stereocenters. The first-order valence-corrected chi connectivity index (χ1v) is 9.57. The first-order chi connectivity index (χ1) is 12.6. The monoisotopic (exact) mass is 361 g/mol. The van der Waals surface area contributed by atoms with Gasteiger partial charge in [0.15, 0.2) is 0 Å². The summed E-state index contributed by atoms with van der Waals surface area (Å²) in [7, 11) is 0. The van der Waals surface area contributed by atoms with Gasteiger partial charge in [0.05, 0.1) is 6.54 Å². The molecule has 1 aromatic rings. The van der Waals surface area contributed by atoms with Gasteiger partial charge in [-0.3, -0.25) is 14.4 Å². The Hall–Kier alpha value is -2.09. The van der Waals surface area contributed by atoms with Crippen LogP contribution in [0.1, 0.15) is 25.7 Å². The van der Waals surface area contributed by atoms with E-state index in [1.54, 1.807) is 11.1 Å². The molecule has 8 nitrogen and oxygen atoms in total. The molecule has 3 aliphatic heterocycles. The summed E-state index contributed by atoms with van der Waals surface area (Å²) >= 11 is 0. The van der Waals surface area contributed by atoms with Gasteiger partial charge in [-0.2, -0.15) is 5.10 Å². The smallest absolute Gasteiger partial charge is 0.410 e. The van der Waals surface area contributed by atoms with Crippen LogP contribution in [-0.4, -0.2) is 76.5 Å². The first kappa shape index (κ1) is 17.3. The lowest BCUT2D eigenvalue weighted by atomic mass is 9.92. The van der Waals surface area contributed by atoms with E-state index < -0.39 is 0 Å². The van der Waals surface area contributed by atoms with Crippen LogP contribution in [0.15, 0.2) is 18.5 Å². The third kappa shape index (κ3) is 3.70. The number of carbonyl (C=O) groups is 2. The molecule has 26 heavy (non-hydrogen) atoms. The topological polar surface area (TPSA) is 79.7 Å². The lowest BCUT2D eigenvalue weighted by molar-refractivity contribution is -0.133. The number of rotatable bonds is 4. The van der Waals surface area contributed by atoms with Crippen molar-refractivity contribution in [3.05, 3.63) is 18.5 Å². The Morgan fingerprint density at radius 2 is 2.08 bits per heavy atom. The second kappa shape index (κ2) is 7.26. The molecule has 3 saturated heterocycles. The SMILES string of the molecule is O=C(CN1CC2(CCNCC2)OC1=O)N1CCC(Cn2cccn2)CC1.